The first-order valence-corrected chi connectivity index (χ1v) is 32.1. The van der Waals surface area contributed by atoms with Crippen molar-refractivity contribution < 1.29 is 169 Å². The molecule has 10 rings (SSSR count). The van der Waals surface area contributed by atoms with Crippen LogP contribution in [0.4, 0.5) is 0 Å². The fourth-order valence-electron chi connectivity index (χ4n) is 17.2. The molecule has 508 valence electrons. The van der Waals surface area contributed by atoms with Crippen molar-refractivity contribution in [1.82, 2.24) is 0 Å². The third kappa shape index (κ3) is 12.8. The van der Waals surface area contributed by atoms with Crippen LogP contribution in [0.15, 0.2) is 23.8 Å². The summed E-state index contributed by atoms with van der Waals surface area (Å²) in [4.78, 5) is 28.9. The molecule has 6 heterocycles. The van der Waals surface area contributed by atoms with Gasteiger partial charge in [0.25, 0.3) is 0 Å². The minimum atomic E-state index is -5.52. The molecule has 0 radical (unpaired) electrons. The van der Waals surface area contributed by atoms with Crippen molar-refractivity contribution in [2.24, 2.45) is 39.4 Å². The number of carbonyl (C=O) groups is 2. The summed E-state index contributed by atoms with van der Waals surface area (Å²) in [5, 5.41) is 122. The third-order valence-electron chi connectivity index (χ3n) is 21.8. The van der Waals surface area contributed by atoms with Crippen LogP contribution >= 0.6 is 0 Å². The van der Waals surface area contributed by atoms with Crippen LogP contribution < -0.4 is 29.6 Å². The molecule has 11 N–H and O–H groups in total. The number of aliphatic hydroxyl groups excluding tert-OH is 11. The molecule has 6 saturated heterocycles. The molecule has 0 aromatic carbocycles. The molecule has 3 saturated carbocycles. The fraction of sp³-hybridized carbons (Fsp3) is 0.898. The predicted octanol–water partition coefficient (Wildman–Crippen LogP) is -5.26. The Morgan fingerprint density at radius 2 is 1.29 bits per heavy atom. The number of ketones is 1. The van der Waals surface area contributed by atoms with Gasteiger partial charge < -0.3 is 118 Å². The molecule has 9 fully saturated rings. The van der Waals surface area contributed by atoms with Crippen molar-refractivity contribution in [3.8, 4) is 0 Å². The maximum absolute atomic E-state index is 14.5. The minimum absolute atomic E-state index is 0. The van der Waals surface area contributed by atoms with Crippen LogP contribution in [0.3, 0.4) is 0 Å². The summed E-state index contributed by atoms with van der Waals surface area (Å²) in [5.74, 6) is -1.01. The topological polar surface area (TPSA) is 434 Å². The zero-order chi connectivity index (χ0) is 65.0. The van der Waals surface area contributed by atoms with E-state index in [1.807, 2.05) is 27.7 Å². The Balaban J connectivity index is 0.00000960. The van der Waals surface area contributed by atoms with Crippen LogP contribution in [0.25, 0.3) is 0 Å². The van der Waals surface area contributed by atoms with Gasteiger partial charge >= 0.3 is 35.5 Å². The second kappa shape index (κ2) is 27.5. The largest absolute Gasteiger partial charge is 1.00 e. The summed E-state index contributed by atoms with van der Waals surface area (Å²) in [6, 6.07) is 0. The van der Waals surface area contributed by atoms with Gasteiger partial charge in [-0.1, -0.05) is 44.9 Å². The van der Waals surface area contributed by atoms with Gasteiger partial charge in [-0.2, -0.15) is 0 Å². The van der Waals surface area contributed by atoms with Crippen molar-refractivity contribution >= 4 is 22.2 Å². The molecule has 0 aromatic rings. The summed E-state index contributed by atoms with van der Waals surface area (Å²) >= 11 is 0. The molecule has 4 aliphatic carbocycles. The number of cyclic esters (lactones) is 1. The SMILES string of the molecule is C=C(C)CCC[C@]1(C)OC(=O)C23CCC4C(=CCC5C(C)(C)C(OC6OCC(OS(=O)(=O)[O-])C(O)C6OC6OC(C)C(OC7OC(CO)C(O)C(OC8OC(CO)C(O)C(OC)C8O)C7O)C(O)C6OC6OCC(O)C(O)C6O)CCC45C)[C@]2(C)CC(=O)C31.[Na+]. The Kier molecular flexibility index (Phi) is 22.3. The molecule has 31 atom stereocenters. The first-order chi connectivity index (χ1) is 41.7. The molecular formula is C59H91NaO29S. The number of Topliss-reactive ketones (excluding diaryl/α,β-unsaturated/α-hetero) is 1. The maximum Gasteiger partial charge on any atom is 1.00 e. The van der Waals surface area contributed by atoms with E-state index < -0.39 is 217 Å². The number of aliphatic hydroxyl groups is 11. The van der Waals surface area contributed by atoms with E-state index in [9.17, 15) is 78.7 Å². The van der Waals surface area contributed by atoms with Gasteiger partial charge in [0.15, 0.2) is 31.5 Å². The zero-order valence-corrected chi connectivity index (χ0v) is 55.1. The van der Waals surface area contributed by atoms with Crippen LogP contribution in [-0.2, 0) is 81.0 Å². The van der Waals surface area contributed by atoms with Gasteiger partial charge in [-0.05, 0) is 94.8 Å². The van der Waals surface area contributed by atoms with Crippen LogP contribution in [0.2, 0.25) is 0 Å². The minimum Gasteiger partial charge on any atom is -0.726 e. The number of methoxy groups -OCH3 is 1. The van der Waals surface area contributed by atoms with Crippen molar-refractivity contribution in [3.63, 3.8) is 0 Å². The van der Waals surface area contributed by atoms with E-state index in [0.29, 0.717) is 38.5 Å². The Morgan fingerprint density at radius 1 is 0.700 bits per heavy atom. The van der Waals surface area contributed by atoms with Crippen molar-refractivity contribution in [1.29, 1.82) is 0 Å². The number of hydrogen-bond donors (Lipinski definition) is 11. The smallest absolute Gasteiger partial charge is 0.726 e. The molecular weight excluding hydrogens is 1230 g/mol. The number of allylic oxidation sites excluding steroid dienone is 3. The third-order valence-corrected chi connectivity index (χ3v) is 22.3. The summed E-state index contributed by atoms with van der Waals surface area (Å²) < 4.78 is 114. The Bertz CT molecular complexity index is 2710. The molecule has 29 nitrogen and oxygen atoms in total. The van der Waals surface area contributed by atoms with E-state index in [0.717, 1.165) is 31.1 Å². The first kappa shape index (κ1) is 72.9. The average molecular weight is 1320 g/mol. The monoisotopic (exact) mass is 1320 g/mol. The molecule has 90 heavy (non-hydrogen) atoms. The van der Waals surface area contributed by atoms with E-state index in [1.54, 1.807) is 0 Å². The van der Waals surface area contributed by atoms with Crippen LogP contribution in [0.1, 0.15) is 106 Å². The van der Waals surface area contributed by atoms with E-state index >= 15 is 0 Å². The Labute approximate surface area is 544 Å². The number of ether oxygens (including phenoxy) is 12. The van der Waals surface area contributed by atoms with Gasteiger partial charge in [0.1, 0.15) is 115 Å². The van der Waals surface area contributed by atoms with E-state index in [4.69, 9.17) is 61.0 Å². The second-order valence-corrected chi connectivity index (χ2v) is 28.6. The summed E-state index contributed by atoms with van der Waals surface area (Å²) in [7, 11) is -4.36. The van der Waals surface area contributed by atoms with Crippen molar-refractivity contribution in [2.75, 3.05) is 33.5 Å². The molecule has 0 aromatic heterocycles. The average Bonchev–Trinajstić information content (AvgIpc) is 1.46. The van der Waals surface area contributed by atoms with E-state index in [1.165, 1.54) is 6.92 Å². The predicted molar refractivity (Wildman–Crippen MR) is 296 cm³/mol. The van der Waals surface area contributed by atoms with E-state index in [2.05, 4.69) is 26.5 Å². The first-order valence-electron chi connectivity index (χ1n) is 30.8. The quantitative estimate of drug-likeness (QED) is 0.0189. The van der Waals surface area contributed by atoms with Gasteiger partial charge in [-0.15, -0.1) is 6.58 Å². The number of carbonyl (C=O) groups excluding carboxylic acids is 2. The van der Waals surface area contributed by atoms with Gasteiger partial charge in [0.05, 0.1) is 50.0 Å². The van der Waals surface area contributed by atoms with Crippen molar-refractivity contribution in [3.05, 3.63) is 23.8 Å². The van der Waals surface area contributed by atoms with Crippen LogP contribution in [0, 0.1) is 39.4 Å². The zero-order valence-electron chi connectivity index (χ0n) is 52.2. The molecule has 29 unspecified atom stereocenters. The molecule has 0 bridgehead atoms. The summed E-state index contributed by atoms with van der Waals surface area (Å²) in [5.41, 5.74) is -1.77. The fourth-order valence-corrected chi connectivity index (χ4v) is 17.7. The Hall–Kier alpha value is -1.39. The number of esters is 1. The Morgan fingerprint density at radius 3 is 1.91 bits per heavy atom. The van der Waals surface area contributed by atoms with Crippen molar-refractivity contribution in [2.45, 2.75) is 259 Å². The normalized spacial score (nSPS) is 50.1. The standard InChI is InChI=1S/C59H92O29S.Na/c1-24(2)11-10-16-58(8)48-28(62)19-57(7)27-12-13-33-55(4,5)34(15-17-56(33,6)26(27)14-18-59(48,57)54(72)87-58)82-52-46(38(67)32(23-78-52)88-89(73,74)75)86-53-47(85-49-39(68)35(64)29(63)22-77-49)40(69)43(25(3)79-53)83-51-42(71)45(37(66)31(21-61)81-51)84-50-41(70)44(76-9)36(65)30(20-60)80-50;/h12,25-26,29-53,60-61,63-71H,1,10-11,13-23H2,2-9H3,(H,73,74,75);/q;+1/p-1/t25?,26?,29?,30?,31?,32?,33?,34?,35?,36?,37?,38?,39?,40?,41?,42?,43?,44?,45?,46?,47?,48?,49?,50?,51?,52?,53?,56?,57-,58-,59?;/m0./s1. The molecule has 6 aliphatic heterocycles. The van der Waals surface area contributed by atoms with Gasteiger partial charge in [-0.25, -0.2) is 8.42 Å². The van der Waals surface area contributed by atoms with E-state index in [-0.39, 0.29) is 59.6 Å². The van der Waals surface area contributed by atoms with Crippen LogP contribution in [0.5, 0.6) is 0 Å². The van der Waals surface area contributed by atoms with Gasteiger partial charge in [0, 0.05) is 18.9 Å². The summed E-state index contributed by atoms with van der Waals surface area (Å²) in [6.45, 7) is 14.6. The maximum atomic E-state index is 14.5. The number of fused-ring (bicyclic) bond motifs is 4. The molecule has 31 heteroatoms. The van der Waals surface area contributed by atoms with Gasteiger partial charge in [-0.3, -0.25) is 13.8 Å². The summed E-state index contributed by atoms with van der Waals surface area (Å²) in [6.07, 6.45) is -34.8. The number of rotatable bonds is 19. The molecule has 10 aliphatic rings. The van der Waals surface area contributed by atoms with Gasteiger partial charge in [0.2, 0.25) is 10.4 Å². The van der Waals surface area contributed by atoms with Crippen LogP contribution in [-0.4, -0.2) is 267 Å². The molecule has 0 amide bonds. The second-order valence-electron chi connectivity index (χ2n) is 27.6. The number of hydrogen-bond acceptors (Lipinski definition) is 29. The molecule has 1 spiro atoms.